The Morgan fingerprint density at radius 3 is 2.22 bits per heavy atom. The van der Waals surface area contributed by atoms with E-state index in [2.05, 4.69) is 6.92 Å². The summed E-state index contributed by atoms with van der Waals surface area (Å²) in [6, 6.07) is 0. The normalized spacial score (nSPS) is 12.0. The van der Waals surface area contributed by atoms with Crippen molar-refractivity contribution < 1.29 is 13.2 Å². The van der Waals surface area contributed by atoms with Gasteiger partial charge in [-0.25, -0.2) is 0 Å². The smallest absolute Gasteiger partial charge is 0.171 e. The van der Waals surface area contributed by atoms with Crippen LogP contribution in [-0.4, -0.2) is 6.18 Å². The van der Waals surface area contributed by atoms with Crippen LogP contribution in [0, 0.1) is 13.3 Å². The number of halogens is 3. The monoisotopic (exact) mass is 138 g/mol. The van der Waals surface area contributed by atoms with Gasteiger partial charge in [-0.15, -0.1) is 0 Å². The van der Waals surface area contributed by atoms with Gasteiger partial charge in [0.1, 0.15) is 0 Å². The third-order valence-electron chi connectivity index (χ3n) is 0.830. The average Bonchev–Trinajstić information content (AvgIpc) is 1.63. The summed E-state index contributed by atoms with van der Waals surface area (Å²) in [5, 5.41) is 0. The van der Waals surface area contributed by atoms with Crippen molar-refractivity contribution in [1.82, 2.24) is 0 Å². The molecule has 0 bridgehead atoms. The molecule has 3 heteroatoms. The number of alkyl halides is 3. The number of rotatable bonds is 3. The molecule has 0 nitrogen and oxygen atoms in total. The molecule has 0 aromatic carbocycles. The van der Waals surface area contributed by atoms with Crippen molar-refractivity contribution in [2.75, 3.05) is 0 Å². The molecule has 9 heavy (non-hydrogen) atoms. The van der Waals surface area contributed by atoms with Gasteiger partial charge in [-0.1, -0.05) is 19.8 Å². The van der Waals surface area contributed by atoms with Gasteiger partial charge in [0.15, 0.2) is 0 Å². The Morgan fingerprint density at radius 2 is 1.89 bits per heavy atom. The van der Waals surface area contributed by atoms with Crippen LogP contribution in [-0.2, 0) is 0 Å². The van der Waals surface area contributed by atoms with E-state index < -0.39 is 6.18 Å². The molecule has 0 aliphatic rings. The zero-order valence-electron chi connectivity index (χ0n) is 5.04. The predicted octanol–water partition coefficient (Wildman–Crippen LogP) is 2.76. The summed E-state index contributed by atoms with van der Waals surface area (Å²) in [4.78, 5) is 0. The molecule has 0 heterocycles. The van der Waals surface area contributed by atoms with Crippen molar-refractivity contribution >= 4 is 0 Å². The first kappa shape index (κ1) is 8.79. The molecular formula is C6H9F3. The molecule has 0 aliphatic carbocycles. The molecule has 0 spiro atoms. The van der Waals surface area contributed by atoms with Crippen LogP contribution >= 0.6 is 0 Å². The van der Waals surface area contributed by atoms with Crippen LogP contribution in [0.3, 0.4) is 0 Å². The zero-order chi connectivity index (χ0) is 7.33. The van der Waals surface area contributed by atoms with E-state index in [4.69, 9.17) is 0 Å². The molecular weight excluding hydrogens is 129 g/mol. The highest BCUT2D eigenvalue weighted by molar-refractivity contribution is 4.73. The molecule has 0 saturated heterocycles. The Bertz CT molecular complexity index is 65.2. The molecule has 0 rings (SSSR count). The highest BCUT2D eigenvalue weighted by Gasteiger charge is 2.26. The Labute approximate surface area is 53.1 Å². The maximum atomic E-state index is 11.3. The summed E-state index contributed by atoms with van der Waals surface area (Å²) in [7, 11) is 0. The molecule has 0 aliphatic heterocycles. The van der Waals surface area contributed by atoms with Crippen LogP contribution in [0.2, 0.25) is 0 Å². The van der Waals surface area contributed by atoms with Crippen LogP contribution < -0.4 is 0 Å². The van der Waals surface area contributed by atoms with Gasteiger partial charge in [0.25, 0.3) is 0 Å². The second kappa shape index (κ2) is 3.75. The highest BCUT2D eigenvalue weighted by atomic mass is 19.4. The largest absolute Gasteiger partial charge is 0.392 e. The standard InChI is InChI=1S/C6H9F3/c1-2-3-4-5-6(7,8)9/h5H,1-4H2. The first-order chi connectivity index (χ1) is 4.06. The molecule has 2 radical (unpaired) electrons. The fourth-order valence-corrected chi connectivity index (χ4v) is 0.410. The van der Waals surface area contributed by atoms with Gasteiger partial charge < -0.3 is 0 Å². The van der Waals surface area contributed by atoms with E-state index in [1.165, 1.54) is 0 Å². The fraction of sp³-hybridized carbons (Fsp3) is 0.667. The summed E-state index contributed by atoms with van der Waals surface area (Å²) in [6.45, 7) is 3.42. The lowest BCUT2D eigenvalue weighted by atomic mass is 10.2. The quantitative estimate of drug-likeness (QED) is 0.526. The number of hydrogen-bond donors (Lipinski definition) is 0. The SMILES string of the molecule is [CH2]CCC[CH]C(F)(F)F. The third kappa shape index (κ3) is 7.79. The van der Waals surface area contributed by atoms with Crippen molar-refractivity contribution in [3.05, 3.63) is 13.3 Å². The van der Waals surface area contributed by atoms with Crippen molar-refractivity contribution in [1.29, 1.82) is 0 Å². The van der Waals surface area contributed by atoms with Gasteiger partial charge in [0.05, 0.1) is 6.42 Å². The molecule has 0 amide bonds. The van der Waals surface area contributed by atoms with E-state index in [0.29, 0.717) is 19.3 Å². The molecule has 54 valence electrons. The van der Waals surface area contributed by atoms with Gasteiger partial charge >= 0.3 is 6.18 Å². The lowest BCUT2D eigenvalue weighted by Crippen LogP contribution is -2.07. The molecule has 0 fully saturated rings. The zero-order valence-corrected chi connectivity index (χ0v) is 5.04. The second-order valence-corrected chi connectivity index (χ2v) is 1.74. The predicted molar refractivity (Wildman–Crippen MR) is 29.6 cm³/mol. The Balaban J connectivity index is 3.07. The third-order valence-corrected chi connectivity index (χ3v) is 0.830. The van der Waals surface area contributed by atoms with Gasteiger partial charge in [0.2, 0.25) is 0 Å². The second-order valence-electron chi connectivity index (χ2n) is 1.74. The summed E-state index contributed by atoms with van der Waals surface area (Å²) in [5.74, 6) is 0. The highest BCUT2D eigenvalue weighted by Crippen LogP contribution is 2.21. The van der Waals surface area contributed by atoms with Crippen LogP contribution in [0.25, 0.3) is 0 Å². The topological polar surface area (TPSA) is 0 Å². The van der Waals surface area contributed by atoms with E-state index in [0.717, 1.165) is 0 Å². The van der Waals surface area contributed by atoms with E-state index >= 15 is 0 Å². The van der Waals surface area contributed by atoms with Gasteiger partial charge in [0, 0.05) is 0 Å². The van der Waals surface area contributed by atoms with Crippen LogP contribution in [0.4, 0.5) is 13.2 Å². The Hall–Kier alpha value is -0.210. The summed E-state index contributed by atoms with van der Waals surface area (Å²) < 4.78 is 33.9. The molecule has 0 unspecified atom stereocenters. The van der Waals surface area contributed by atoms with Crippen LogP contribution in [0.1, 0.15) is 19.3 Å². The lowest BCUT2D eigenvalue weighted by Gasteiger charge is -2.02. The average molecular weight is 138 g/mol. The summed E-state index contributed by atoms with van der Waals surface area (Å²) in [5.41, 5.74) is 0. The first-order valence-electron chi connectivity index (χ1n) is 2.76. The fourth-order valence-electron chi connectivity index (χ4n) is 0.410. The van der Waals surface area contributed by atoms with Gasteiger partial charge in [-0.2, -0.15) is 13.2 Å². The molecule has 0 N–H and O–H groups in total. The van der Waals surface area contributed by atoms with E-state index in [1.807, 2.05) is 0 Å². The molecule has 0 atom stereocenters. The molecule has 0 saturated carbocycles. The van der Waals surface area contributed by atoms with E-state index in [-0.39, 0.29) is 6.42 Å². The maximum Gasteiger partial charge on any atom is 0.392 e. The summed E-state index contributed by atoms with van der Waals surface area (Å²) in [6.07, 6.45) is -2.58. The van der Waals surface area contributed by atoms with Crippen molar-refractivity contribution in [3.8, 4) is 0 Å². The first-order valence-corrected chi connectivity index (χ1v) is 2.76. The minimum Gasteiger partial charge on any atom is -0.171 e. The van der Waals surface area contributed by atoms with Gasteiger partial charge in [-0.05, 0) is 6.42 Å². The summed E-state index contributed by atoms with van der Waals surface area (Å²) >= 11 is 0. The van der Waals surface area contributed by atoms with Gasteiger partial charge in [-0.3, -0.25) is 0 Å². The number of hydrogen-bond acceptors (Lipinski definition) is 0. The van der Waals surface area contributed by atoms with Crippen molar-refractivity contribution in [2.24, 2.45) is 0 Å². The number of unbranched alkanes of at least 4 members (excludes halogenated alkanes) is 2. The Kier molecular flexibility index (Phi) is 3.66. The lowest BCUT2D eigenvalue weighted by molar-refractivity contribution is -0.0983. The van der Waals surface area contributed by atoms with Crippen LogP contribution in [0.5, 0.6) is 0 Å². The molecule has 0 aromatic rings. The van der Waals surface area contributed by atoms with Crippen LogP contribution in [0.15, 0.2) is 0 Å². The van der Waals surface area contributed by atoms with E-state index in [9.17, 15) is 13.2 Å². The van der Waals surface area contributed by atoms with Crippen molar-refractivity contribution in [2.45, 2.75) is 25.4 Å². The Morgan fingerprint density at radius 1 is 1.33 bits per heavy atom. The maximum absolute atomic E-state index is 11.3. The molecule has 0 aromatic heterocycles. The van der Waals surface area contributed by atoms with Crippen molar-refractivity contribution in [3.63, 3.8) is 0 Å². The minimum absolute atomic E-state index is 0.0903. The van der Waals surface area contributed by atoms with E-state index in [1.54, 1.807) is 0 Å². The minimum atomic E-state index is -4.10.